The Kier molecular flexibility index (Phi) is 5.91. The summed E-state index contributed by atoms with van der Waals surface area (Å²) in [5.41, 5.74) is 0.645. The average Bonchev–Trinajstić information content (AvgIpc) is 3.08. The Bertz CT molecular complexity index is 766. The molecule has 2 aromatic rings. The number of likely N-dealkylation sites (tertiary alicyclic amines) is 1. The van der Waals surface area contributed by atoms with Crippen molar-refractivity contribution in [2.75, 3.05) is 32.6 Å². The van der Waals surface area contributed by atoms with Gasteiger partial charge in [0.05, 0.1) is 24.4 Å². The molecule has 6 nitrogen and oxygen atoms in total. The maximum absolute atomic E-state index is 12.6. The van der Waals surface area contributed by atoms with Gasteiger partial charge in [-0.05, 0) is 30.7 Å². The van der Waals surface area contributed by atoms with Crippen LogP contribution in [0.4, 0.5) is 0 Å². The van der Waals surface area contributed by atoms with Crippen molar-refractivity contribution >= 4 is 39.2 Å². The van der Waals surface area contributed by atoms with Crippen molar-refractivity contribution in [2.45, 2.75) is 31.0 Å². The number of thioether (sulfide) groups is 1. The minimum Gasteiger partial charge on any atom is -0.383 e. The molecule has 130 valence electrons. The number of ether oxygens (including phenoxy) is 1. The molecule has 0 radical (unpaired) electrons. The Morgan fingerprint density at radius 1 is 1.38 bits per heavy atom. The molecular weight excluding hydrogens is 346 g/mol. The highest BCUT2D eigenvalue weighted by molar-refractivity contribution is 7.99. The minimum atomic E-state index is -0.0556. The molecule has 0 saturated carbocycles. The van der Waals surface area contributed by atoms with E-state index in [0.29, 0.717) is 34.3 Å². The monoisotopic (exact) mass is 367 g/mol. The van der Waals surface area contributed by atoms with E-state index < -0.39 is 0 Å². The third-order valence-corrected chi connectivity index (χ3v) is 5.94. The minimum absolute atomic E-state index is 0.0556. The van der Waals surface area contributed by atoms with E-state index in [0.717, 1.165) is 25.9 Å². The van der Waals surface area contributed by atoms with Crippen molar-refractivity contribution < 1.29 is 9.53 Å². The molecule has 0 aromatic carbocycles. The number of carbonyl (C=O) groups is 1. The Hall–Kier alpha value is -1.38. The van der Waals surface area contributed by atoms with Gasteiger partial charge in [-0.15, -0.1) is 11.3 Å². The number of aromatic nitrogens is 2. The Morgan fingerprint density at radius 2 is 2.17 bits per heavy atom. The molecule has 0 unspecified atom stereocenters. The number of rotatable bonds is 6. The predicted octanol–water partition coefficient (Wildman–Crippen LogP) is 2.21. The van der Waals surface area contributed by atoms with Crippen LogP contribution in [-0.2, 0) is 16.1 Å². The second-order valence-electron chi connectivity index (χ2n) is 5.71. The van der Waals surface area contributed by atoms with Crippen LogP contribution in [-0.4, -0.2) is 52.9 Å². The molecule has 0 N–H and O–H groups in total. The van der Waals surface area contributed by atoms with Crippen LogP contribution in [0.25, 0.3) is 10.2 Å². The summed E-state index contributed by atoms with van der Waals surface area (Å²) in [6, 6.07) is 1.85. The first kappa shape index (κ1) is 17.4. The summed E-state index contributed by atoms with van der Waals surface area (Å²) < 4.78 is 7.37. The topological polar surface area (TPSA) is 64.4 Å². The summed E-state index contributed by atoms with van der Waals surface area (Å²) >= 11 is 2.74. The van der Waals surface area contributed by atoms with Gasteiger partial charge in [-0.1, -0.05) is 11.8 Å². The highest BCUT2D eigenvalue weighted by atomic mass is 32.2. The van der Waals surface area contributed by atoms with E-state index in [4.69, 9.17) is 4.74 Å². The maximum Gasteiger partial charge on any atom is 0.272 e. The van der Waals surface area contributed by atoms with E-state index in [1.54, 1.807) is 11.7 Å². The van der Waals surface area contributed by atoms with Crippen molar-refractivity contribution in [3.63, 3.8) is 0 Å². The van der Waals surface area contributed by atoms with Crippen molar-refractivity contribution in [1.82, 2.24) is 14.5 Å². The van der Waals surface area contributed by atoms with Gasteiger partial charge in [0, 0.05) is 20.2 Å². The Balaban J connectivity index is 1.79. The maximum atomic E-state index is 12.6. The van der Waals surface area contributed by atoms with Crippen LogP contribution >= 0.6 is 23.1 Å². The lowest BCUT2D eigenvalue weighted by atomic mass is 10.1. The fraction of sp³-hybridized carbons (Fsp3) is 0.562. The van der Waals surface area contributed by atoms with Crippen LogP contribution in [0.3, 0.4) is 0 Å². The lowest BCUT2D eigenvalue weighted by molar-refractivity contribution is -0.129. The zero-order valence-corrected chi connectivity index (χ0v) is 15.3. The molecule has 3 rings (SSSR count). The van der Waals surface area contributed by atoms with E-state index in [-0.39, 0.29) is 11.5 Å². The zero-order valence-electron chi connectivity index (χ0n) is 13.7. The van der Waals surface area contributed by atoms with Gasteiger partial charge in [0.1, 0.15) is 4.70 Å². The fourth-order valence-corrected chi connectivity index (χ4v) is 4.48. The largest absolute Gasteiger partial charge is 0.383 e. The molecule has 3 heterocycles. The Labute approximate surface area is 148 Å². The number of thiophene rings is 1. The summed E-state index contributed by atoms with van der Waals surface area (Å²) in [6.07, 6.45) is 3.35. The molecule has 8 heteroatoms. The first-order chi connectivity index (χ1) is 11.7. The number of nitrogens with zero attached hydrogens (tertiary/aromatic N) is 3. The van der Waals surface area contributed by atoms with Crippen LogP contribution in [0.15, 0.2) is 21.4 Å². The van der Waals surface area contributed by atoms with Gasteiger partial charge in [-0.25, -0.2) is 4.98 Å². The standard InChI is InChI=1S/C16H21N3O3S2/c1-22-9-8-19-15(21)14-12(5-10-23-14)17-16(19)24-11-13(20)18-6-3-2-4-7-18/h5,10H,2-4,6-9,11H2,1H3. The van der Waals surface area contributed by atoms with Crippen LogP contribution in [0.5, 0.6) is 0 Å². The first-order valence-corrected chi connectivity index (χ1v) is 9.95. The highest BCUT2D eigenvalue weighted by Crippen LogP contribution is 2.21. The van der Waals surface area contributed by atoms with Crippen molar-refractivity contribution in [3.8, 4) is 0 Å². The molecule has 24 heavy (non-hydrogen) atoms. The van der Waals surface area contributed by atoms with Gasteiger partial charge >= 0.3 is 0 Å². The van der Waals surface area contributed by atoms with E-state index in [9.17, 15) is 9.59 Å². The number of carbonyl (C=O) groups excluding carboxylic acids is 1. The SMILES string of the molecule is COCCn1c(SCC(=O)N2CCCCC2)nc2ccsc2c1=O. The number of hydrogen-bond acceptors (Lipinski definition) is 6. The van der Waals surface area contributed by atoms with E-state index in [1.165, 1.54) is 29.5 Å². The van der Waals surface area contributed by atoms with Gasteiger partial charge in [0.25, 0.3) is 5.56 Å². The van der Waals surface area contributed by atoms with Crippen LogP contribution in [0.2, 0.25) is 0 Å². The van der Waals surface area contributed by atoms with Crippen molar-refractivity contribution in [1.29, 1.82) is 0 Å². The van der Waals surface area contributed by atoms with Crippen molar-refractivity contribution in [2.24, 2.45) is 0 Å². The molecule has 0 spiro atoms. The van der Waals surface area contributed by atoms with E-state index >= 15 is 0 Å². The number of fused-ring (bicyclic) bond motifs is 1. The Morgan fingerprint density at radius 3 is 2.92 bits per heavy atom. The summed E-state index contributed by atoms with van der Waals surface area (Å²) in [5.74, 6) is 0.437. The van der Waals surface area contributed by atoms with Crippen molar-refractivity contribution in [3.05, 3.63) is 21.8 Å². The summed E-state index contributed by atoms with van der Waals surface area (Å²) in [6.45, 7) is 2.56. The lowest BCUT2D eigenvalue weighted by Gasteiger charge is -2.26. The molecule has 2 aromatic heterocycles. The lowest BCUT2D eigenvalue weighted by Crippen LogP contribution is -2.37. The smallest absolute Gasteiger partial charge is 0.272 e. The average molecular weight is 367 g/mol. The van der Waals surface area contributed by atoms with Gasteiger partial charge < -0.3 is 9.64 Å². The van der Waals surface area contributed by atoms with Gasteiger partial charge in [-0.2, -0.15) is 0 Å². The third kappa shape index (κ3) is 3.81. The van der Waals surface area contributed by atoms with Crippen LogP contribution < -0.4 is 5.56 Å². The molecule has 1 fully saturated rings. The third-order valence-electron chi connectivity index (χ3n) is 4.08. The summed E-state index contributed by atoms with van der Waals surface area (Å²) in [4.78, 5) is 31.5. The predicted molar refractivity (Wildman–Crippen MR) is 96.9 cm³/mol. The molecule has 1 aliphatic rings. The summed E-state index contributed by atoms with van der Waals surface area (Å²) in [5, 5.41) is 2.46. The number of amides is 1. The first-order valence-electron chi connectivity index (χ1n) is 8.08. The van der Waals surface area contributed by atoms with Gasteiger partial charge in [0.2, 0.25) is 5.91 Å². The molecular formula is C16H21N3O3S2. The number of piperidine rings is 1. The second kappa shape index (κ2) is 8.13. The quantitative estimate of drug-likeness (QED) is 0.579. The molecule has 1 aliphatic heterocycles. The van der Waals surface area contributed by atoms with Crippen LogP contribution in [0, 0.1) is 0 Å². The van der Waals surface area contributed by atoms with Gasteiger partial charge in [-0.3, -0.25) is 14.2 Å². The molecule has 0 bridgehead atoms. The van der Waals surface area contributed by atoms with Crippen LogP contribution in [0.1, 0.15) is 19.3 Å². The number of methoxy groups -OCH3 is 1. The second-order valence-corrected chi connectivity index (χ2v) is 7.57. The molecule has 0 atom stereocenters. The van der Waals surface area contributed by atoms with E-state index in [1.807, 2.05) is 16.3 Å². The fourth-order valence-electron chi connectivity index (χ4n) is 2.77. The van der Waals surface area contributed by atoms with Gasteiger partial charge in [0.15, 0.2) is 5.16 Å². The van der Waals surface area contributed by atoms with E-state index in [2.05, 4.69) is 4.98 Å². The number of hydrogen-bond donors (Lipinski definition) is 0. The molecule has 1 saturated heterocycles. The molecule has 1 amide bonds. The zero-order chi connectivity index (χ0) is 16.9. The molecule has 0 aliphatic carbocycles. The normalized spacial score (nSPS) is 15.1. The summed E-state index contributed by atoms with van der Waals surface area (Å²) in [7, 11) is 1.61. The highest BCUT2D eigenvalue weighted by Gasteiger charge is 2.19.